The molecule has 20 heavy (non-hydrogen) atoms. The molecule has 0 spiro atoms. The fraction of sp³-hybridized carbons (Fsp3) is 0.500. The van der Waals surface area contributed by atoms with Crippen molar-refractivity contribution in [2.75, 3.05) is 13.7 Å². The van der Waals surface area contributed by atoms with Gasteiger partial charge in [-0.25, -0.2) is 0 Å². The van der Waals surface area contributed by atoms with Crippen molar-refractivity contribution >= 4 is 11.6 Å². The second kappa shape index (κ2) is 7.55. The summed E-state index contributed by atoms with van der Waals surface area (Å²) in [6.07, 6.45) is 6.83. The van der Waals surface area contributed by atoms with E-state index >= 15 is 0 Å². The topological polar surface area (TPSA) is 30.5 Å². The molecule has 0 aromatic heterocycles. The number of halogens is 1. The highest BCUT2D eigenvalue weighted by Gasteiger charge is 2.19. The normalized spacial score (nSPS) is 15.3. The molecule has 0 aliphatic heterocycles. The molecule has 3 nitrogen and oxygen atoms in total. The lowest BCUT2D eigenvalue weighted by Gasteiger charge is -2.17. The second-order valence-electron chi connectivity index (χ2n) is 5.04. The summed E-state index contributed by atoms with van der Waals surface area (Å²) in [7, 11) is 1.66. The molecule has 1 aromatic rings. The summed E-state index contributed by atoms with van der Waals surface area (Å²) in [6.45, 7) is 5.11. The quantitative estimate of drug-likeness (QED) is 0.610. The molecule has 0 unspecified atom stereocenters. The van der Waals surface area contributed by atoms with Gasteiger partial charge in [-0.1, -0.05) is 17.7 Å². The van der Waals surface area contributed by atoms with Crippen LogP contribution < -0.4 is 14.8 Å². The first-order valence-corrected chi connectivity index (χ1v) is 7.47. The maximum atomic E-state index is 6.32. The average Bonchev–Trinajstić information content (AvgIpc) is 2.94. The number of methoxy groups -OCH3 is 1. The highest BCUT2D eigenvalue weighted by atomic mass is 35.5. The lowest BCUT2D eigenvalue weighted by Crippen LogP contribution is -2.14. The fourth-order valence-electron chi connectivity index (χ4n) is 2.46. The third kappa shape index (κ3) is 3.90. The Morgan fingerprint density at radius 2 is 2.10 bits per heavy atom. The van der Waals surface area contributed by atoms with Crippen molar-refractivity contribution in [3.63, 3.8) is 0 Å². The van der Waals surface area contributed by atoms with Crippen LogP contribution >= 0.6 is 11.6 Å². The molecule has 110 valence electrons. The van der Waals surface area contributed by atoms with Crippen LogP contribution in [-0.4, -0.2) is 19.8 Å². The van der Waals surface area contributed by atoms with E-state index in [2.05, 4.69) is 11.9 Å². The van der Waals surface area contributed by atoms with Crippen LogP contribution in [0.2, 0.25) is 5.02 Å². The Morgan fingerprint density at radius 3 is 2.75 bits per heavy atom. The van der Waals surface area contributed by atoms with E-state index in [1.807, 2.05) is 18.2 Å². The minimum atomic E-state index is 0.296. The van der Waals surface area contributed by atoms with Gasteiger partial charge < -0.3 is 14.8 Å². The number of rotatable bonds is 7. The number of ether oxygens (including phenoxy) is 2. The lowest BCUT2D eigenvalue weighted by molar-refractivity contribution is 0.200. The van der Waals surface area contributed by atoms with Crippen molar-refractivity contribution in [2.45, 2.75) is 38.3 Å². The van der Waals surface area contributed by atoms with Gasteiger partial charge in [-0.2, -0.15) is 0 Å². The van der Waals surface area contributed by atoms with Crippen LogP contribution in [0.5, 0.6) is 11.5 Å². The monoisotopic (exact) mass is 295 g/mol. The van der Waals surface area contributed by atoms with Crippen molar-refractivity contribution in [2.24, 2.45) is 0 Å². The smallest absolute Gasteiger partial charge is 0.163 e. The Balaban J connectivity index is 2.11. The van der Waals surface area contributed by atoms with Crippen LogP contribution in [0.25, 0.3) is 0 Å². The van der Waals surface area contributed by atoms with E-state index in [1.165, 1.54) is 12.8 Å². The summed E-state index contributed by atoms with van der Waals surface area (Å²) in [5.41, 5.74) is 1.00. The van der Waals surface area contributed by atoms with Crippen molar-refractivity contribution in [1.82, 2.24) is 5.32 Å². The third-order valence-corrected chi connectivity index (χ3v) is 3.88. The molecule has 0 bridgehead atoms. The van der Waals surface area contributed by atoms with Gasteiger partial charge in [0.15, 0.2) is 11.5 Å². The van der Waals surface area contributed by atoms with E-state index in [4.69, 9.17) is 21.1 Å². The summed E-state index contributed by atoms with van der Waals surface area (Å²) in [4.78, 5) is 0. The molecular weight excluding hydrogens is 274 g/mol. The van der Waals surface area contributed by atoms with Gasteiger partial charge in [0.25, 0.3) is 0 Å². The van der Waals surface area contributed by atoms with E-state index in [-0.39, 0.29) is 0 Å². The Hall–Kier alpha value is -1.19. The van der Waals surface area contributed by atoms with Crippen molar-refractivity contribution in [1.29, 1.82) is 0 Å². The molecule has 1 saturated carbocycles. The number of benzene rings is 1. The molecule has 1 N–H and O–H groups in total. The first kappa shape index (κ1) is 15.2. The standard InChI is InChI=1S/C16H22ClNO2/c1-3-8-18-11-12-9-15(19-2)16(10-14(12)17)20-13-6-4-5-7-13/h3,9-10,13,18H,1,4-8,11H2,2H3. The predicted octanol–water partition coefficient (Wildman–Crippen LogP) is 3.95. The summed E-state index contributed by atoms with van der Waals surface area (Å²) >= 11 is 6.32. The minimum absolute atomic E-state index is 0.296. The van der Waals surface area contributed by atoms with Gasteiger partial charge in [-0.15, -0.1) is 6.58 Å². The lowest BCUT2D eigenvalue weighted by atomic mass is 10.2. The molecule has 0 saturated heterocycles. The number of hydrogen-bond acceptors (Lipinski definition) is 3. The second-order valence-corrected chi connectivity index (χ2v) is 5.45. The van der Waals surface area contributed by atoms with Crippen LogP contribution in [0.3, 0.4) is 0 Å². The summed E-state index contributed by atoms with van der Waals surface area (Å²) in [5.74, 6) is 1.49. The Morgan fingerprint density at radius 1 is 1.35 bits per heavy atom. The molecule has 0 amide bonds. The number of hydrogen-bond donors (Lipinski definition) is 1. The van der Waals surface area contributed by atoms with E-state index in [0.717, 1.165) is 36.4 Å². The van der Waals surface area contributed by atoms with E-state index in [1.54, 1.807) is 7.11 Å². The first-order chi connectivity index (χ1) is 9.74. The van der Waals surface area contributed by atoms with Gasteiger partial charge in [0.1, 0.15) is 0 Å². The predicted molar refractivity (Wildman–Crippen MR) is 82.8 cm³/mol. The van der Waals surface area contributed by atoms with Crippen LogP contribution in [0.1, 0.15) is 31.2 Å². The van der Waals surface area contributed by atoms with E-state index < -0.39 is 0 Å². The van der Waals surface area contributed by atoms with Crippen molar-refractivity contribution < 1.29 is 9.47 Å². The molecular formula is C16H22ClNO2. The van der Waals surface area contributed by atoms with E-state index in [0.29, 0.717) is 17.7 Å². The van der Waals surface area contributed by atoms with Gasteiger partial charge >= 0.3 is 0 Å². The van der Waals surface area contributed by atoms with Crippen molar-refractivity contribution in [3.05, 3.63) is 35.4 Å². The first-order valence-electron chi connectivity index (χ1n) is 7.09. The molecule has 1 fully saturated rings. The highest BCUT2D eigenvalue weighted by Crippen LogP contribution is 2.36. The van der Waals surface area contributed by atoms with Crippen LogP contribution in [0.15, 0.2) is 24.8 Å². The largest absolute Gasteiger partial charge is 0.493 e. The fourth-order valence-corrected chi connectivity index (χ4v) is 2.68. The molecule has 0 atom stereocenters. The minimum Gasteiger partial charge on any atom is -0.493 e. The van der Waals surface area contributed by atoms with Crippen LogP contribution in [-0.2, 0) is 6.54 Å². The summed E-state index contributed by atoms with van der Waals surface area (Å²) < 4.78 is 11.4. The summed E-state index contributed by atoms with van der Waals surface area (Å²) in [6, 6.07) is 3.81. The van der Waals surface area contributed by atoms with E-state index in [9.17, 15) is 0 Å². The van der Waals surface area contributed by atoms with Crippen molar-refractivity contribution in [3.8, 4) is 11.5 Å². The molecule has 1 aromatic carbocycles. The number of nitrogens with one attached hydrogen (secondary N) is 1. The zero-order chi connectivity index (χ0) is 14.4. The molecule has 4 heteroatoms. The van der Waals surface area contributed by atoms with Gasteiger partial charge in [0.2, 0.25) is 0 Å². The maximum absolute atomic E-state index is 6.32. The van der Waals surface area contributed by atoms with Gasteiger partial charge in [0.05, 0.1) is 13.2 Å². The molecule has 0 radical (unpaired) electrons. The Labute approximate surface area is 125 Å². The Kier molecular flexibility index (Phi) is 5.74. The molecule has 0 heterocycles. The van der Waals surface area contributed by atoms with Crippen LogP contribution in [0.4, 0.5) is 0 Å². The Bertz CT molecular complexity index is 456. The van der Waals surface area contributed by atoms with Crippen LogP contribution in [0, 0.1) is 0 Å². The van der Waals surface area contributed by atoms with Gasteiger partial charge in [-0.05, 0) is 37.3 Å². The maximum Gasteiger partial charge on any atom is 0.163 e. The summed E-state index contributed by atoms with van der Waals surface area (Å²) in [5, 5.41) is 3.94. The third-order valence-electron chi connectivity index (χ3n) is 3.53. The molecule has 1 aliphatic carbocycles. The zero-order valence-corrected chi connectivity index (χ0v) is 12.7. The molecule has 2 rings (SSSR count). The van der Waals surface area contributed by atoms with Gasteiger partial charge in [0, 0.05) is 24.2 Å². The van der Waals surface area contributed by atoms with Gasteiger partial charge in [-0.3, -0.25) is 0 Å². The SMILES string of the molecule is C=CCNCc1cc(OC)c(OC2CCCC2)cc1Cl. The average molecular weight is 296 g/mol. The zero-order valence-electron chi connectivity index (χ0n) is 12.0. The molecule has 1 aliphatic rings. The highest BCUT2D eigenvalue weighted by molar-refractivity contribution is 6.31.